The van der Waals surface area contributed by atoms with E-state index in [-0.39, 0.29) is 0 Å². The van der Waals surface area contributed by atoms with Crippen molar-refractivity contribution in [3.05, 3.63) is 40.6 Å². The van der Waals surface area contributed by atoms with Crippen LogP contribution in [0, 0.1) is 0 Å². The summed E-state index contributed by atoms with van der Waals surface area (Å²) < 4.78 is 0. The molecule has 0 atom stereocenters. The van der Waals surface area contributed by atoms with E-state index in [4.69, 9.17) is 0 Å². The Morgan fingerprint density at radius 2 is 2.13 bits per heavy atom. The maximum absolute atomic E-state index is 2.23. The molecule has 0 aromatic carbocycles. The van der Waals surface area contributed by atoms with Gasteiger partial charge in [-0.3, -0.25) is 0 Å². The molecule has 2 rings (SSSR count). The lowest BCUT2D eigenvalue weighted by Crippen LogP contribution is -1.80. The van der Waals surface area contributed by atoms with E-state index < -0.39 is 0 Å². The second-order valence-corrected chi connectivity index (χ2v) is 5.17. The predicted molar refractivity (Wildman–Crippen MR) is 71.6 cm³/mol. The quantitative estimate of drug-likeness (QED) is 0.677. The maximum Gasteiger partial charge on any atom is 0.0517 e. The van der Waals surface area contributed by atoms with Crippen molar-refractivity contribution in [1.82, 2.24) is 0 Å². The Balaban J connectivity index is 2.47. The summed E-state index contributed by atoms with van der Waals surface area (Å²) in [5.41, 5.74) is 2.85. The highest BCUT2D eigenvalue weighted by atomic mass is 32.1. The summed E-state index contributed by atoms with van der Waals surface area (Å²) in [6.45, 7) is 4.33. The lowest BCUT2D eigenvalue weighted by Gasteiger charge is -2.04. The lowest BCUT2D eigenvalue weighted by atomic mass is 10.0. The Morgan fingerprint density at radius 3 is 2.73 bits per heavy atom. The van der Waals surface area contributed by atoms with E-state index in [9.17, 15) is 0 Å². The molecule has 15 heavy (non-hydrogen) atoms. The van der Waals surface area contributed by atoms with E-state index in [0.717, 1.165) is 6.42 Å². The van der Waals surface area contributed by atoms with Crippen LogP contribution in [0.15, 0.2) is 35.0 Å². The summed E-state index contributed by atoms with van der Waals surface area (Å²) in [6, 6.07) is 6.55. The first-order valence-electron chi connectivity index (χ1n) is 5.13. The third-order valence-corrected chi connectivity index (χ3v) is 4.45. The molecule has 2 heterocycles. The molecule has 0 nitrogen and oxygen atoms in total. The second kappa shape index (κ2) is 4.77. The number of hydrogen-bond donors (Lipinski definition) is 0. The molecule has 0 spiro atoms. The Labute approximate surface area is 98.9 Å². The summed E-state index contributed by atoms with van der Waals surface area (Å²) in [7, 11) is 0. The van der Waals surface area contributed by atoms with Crippen molar-refractivity contribution < 1.29 is 0 Å². The van der Waals surface area contributed by atoms with E-state index in [0.29, 0.717) is 0 Å². The van der Waals surface area contributed by atoms with Gasteiger partial charge in [-0.25, -0.2) is 0 Å². The van der Waals surface area contributed by atoms with Crippen LogP contribution in [0.4, 0.5) is 0 Å². The Morgan fingerprint density at radius 1 is 1.27 bits per heavy atom. The van der Waals surface area contributed by atoms with E-state index in [1.165, 1.54) is 20.9 Å². The molecule has 2 aromatic heterocycles. The zero-order valence-electron chi connectivity index (χ0n) is 8.99. The smallest absolute Gasteiger partial charge is 0.0517 e. The van der Waals surface area contributed by atoms with Crippen LogP contribution in [0.25, 0.3) is 15.3 Å². The van der Waals surface area contributed by atoms with Crippen molar-refractivity contribution >= 4 is 28.2 Å². The third-order valence-electron chi connectivity index (χ3n) is 2.49. The molecule has 0 aliphatic carbocycles. The van der Waals surface area contributed by atoms with Gasteiger partial charge in [0.05, 0.1) is 4.88 Å². The van der Waals surface area contributed by atoms with Crippen molar-refractivity contribution in [2.75, 3.05) is 0 Å². The third kappa shape index (κ3) is 2.06. The van der Waals surface area contributed by atoms with E-state index in [2.05, 4.69) is 48.9 Å². The van der Waals surface area contributed by atoms with Crippen LogP contribution in [-0.2, 0) is 0 Å². The molecule has 0 bridgehead atoms. The van der Waals surface area contributed by atoms with Gasteiger partial charge in [0.2, 0.25) is 0 Å². The highest BCUT2D eigenvalue weighted by Crippen LogP contribution is 2.37. The molecule has 0 saturated heterocycles. The minimum Gasteiger partial charge on any atom is -0.143 e. The number of thiophene rings is 2. The zero-order chi connectivity index (χ0) is 10.7. The van der Waals surface area contributed by atoms with Crippen LogP contribution in [0.5, 0.6) is 0 Å². The topological polar surface area (TPSA) is 0 Å². The van der Waals surface area contributed by atoms with Crippen LogP contribution in [0.1, 0.15) is 25.8 Å². The van der Waals surface area contributed by atoms with Crippen LogP contribution < -0.4 is 0 Å². The van der Waals surface area contributed by atoms with Gasteiger partial charge < -0.3 is 0 Å². The van der Waals surface area contributed by atoms with Gasteiger partial charge in [0.1, 0.15) is 0 Å². The molecular formula is C13H14S2. The number of allylic oxidation sites excluding steroid dienone is 2. The molecule has 0 fully saturated rings. The number of rotatable bonds is 3. The number of hydrogen-bond acceptors (Lipinski definition) is 2. The van der Waals surface area contributed by atoms with Gasteiger partial charge in [0, 0.05) is 4.88 Å². The highest BCUT2D eigenvalue weighted by molar-refractivity contribution is 7.20. The van der Waals surface area contributed by atoms with Crippen LogP contribution >= 0.6 is 22.7 Å². The van der Waals surface area contributed by atoms with Crippen LogP contribution in [0.2, 0.25) is 0 Å². The van der Waals surface area contributed by atoms with Gasteiger partial charge in [-0.2, -0.15) is 0 Å². The van der Waals surface area contributed by atoms with Gasteiger partial charge in [-0.05, 0) is 47.4 Å². The fraction of sp³-hybridized carbons (Fsp3) is 0.231. The summed E-state index contributed by atoms with van der Waals surface area (Å²) >= 11 is 3.65. The van der Waals surface area contributed by atoms with Gasteiger partial charge in [-0.15, -0.1) is 22.7 Å². The maximum atomic E-state index is 2.23. The minimum atomic E-state index is 1.10. The molecule has 0 N–H and O–H groups in total. The van der Waals surface area contributed by atoms with Crippen LogP contribution in [0.3, 0.4) is 0 Å². The van der Waals surface area contributed by atoms with Crippen molar-refractivity contribution in [1.29, 1.82) is 0 Å². The molecule has 78 valence electrons. The minimum absolute atomic E-state index is 1.10. The molecule has 0 aliphatic rings. The SMILES string of the molecule is C/C=C(\CC)c1ccsc1-c1cccs1. The van der Waals surface area contributed by atoms with Crippen LogP contribution in [-0.4, -0.2) is 0 Å². The molecule has 2 heteroatoms. The molecule has 0 radical (unpaired) electrons. The second-order valence-electron chi connectivity index (χ2n) is 3.31. The first kappa shape index (κ1) is 10.7. The first-order chi connectivity index (χ1) is 7.36. The first-order valence-corrected chi connectivity index (χ1v) is 6.89. The van der Waals surface area contributed by atoms with Crippen molar-refractivity contribution in [2.24, 2.45) is 0 Å². The fourth-order valence-electron chi connectivity index (χ4n) is 1.71. The lowest BCUT2D eigenvalue weighted by molar-refractivity contribution is 1.24. The molecular weight excluding hydrogens is 220 g/mol. The standard InChI is InChI=1S/C13H14S2/c1-3-10(4-2)11-7-9-15-13(11)12-6-5-8-14-12/h3,5-9H,4H2,1-2H3/b10-3+. The highest BCUT2D eigenvalue weighted by Gasteiger charge is 2.09. The summed E-state index contributed by atoms with van der Waals surface area (Å²) in [5, 5.41) is 4.32. The average Bonchev–Trinajstić information content (AvgIpc) is 2.88. The predicted octanol–water partition coefficient (Wildman–Crippen LogP) is 5.29. The molecule has 0 saturated carbocycles. The Bertz CT molecular complexity index is 447. The summed E-state index contributed by atoms with van der Waals surface area (Å²) in [5.74, 6) is 0. The Kier molecular flexibility index (Phi) is 3.39. The zero-order valence-corrected chi connectivity index (χ0v) is 10.6. The molecule has 0 unspecified atom stereocenters. The van der Waals surface area contributed by atoms with E-state index in [1.54, 1.807) is 0 Å². The summed E-state index contributed by atoms with van der Waals surface area (Å²) in [6.07, 6.45) is 3.32. The van der Waals surface area contributed by atoms with E-state index >= 15 is 0 Å². The normalized spacial score (nSPS) is 12.0. The van der Waals surface area contributed by atoms with Gasteiger partial charge >= 0.3 is 0 Å². The molecule has 0 amide bonds. The molecule has 2 aromatic rings. The molecule has 0 aliphatic heterocycles. The van der Waals surface area contributed by atoms with Gasteiger partial charge in [-0.1, -0.05) is 19.1 Å². The van der Waals surface area contributed by atoms with E-state index in [1.807, 2.05) is 22.7 Å². The fourth-order valence-corrected chi connectivity index (χ4v) is 3.53. The van der Waals surface area contributed by atoms with Crippen molar-refractivity contribution in [3.63, 3.8) is 0 Å². The van der Waals surface area contributed by atoms with Crippen molar-refractivity contribution in [2.45, 2.75) is 20.3 Å². The van der Waals surface area contributed by atoms with Gasteiger partial charge in [0.15, 0.2) is 0 Å². The monoisotopic (exact) mass is 234 g/mol. The average molecular weight is 234 g/mol. The Hall–Kier alpha value is -0.860. The summed E-state index contributed by atoms with van der Waals surface area (Å²) in [4.78, 5) is 2.80. The largest absolute Gasteiger partial charge is 0.143 e. The van der Waals surface area contributed by atoms with Gasteiger partial charge in [0.25, 0.3) is 0 Å². The van der Waals surface area contributed by atoms with Crippen molar-refractivity contribution in [3.8, 4) is 9.75 Å².